The molecule has 0 aliphatic rings. The van der Waals surface area contributed by atoms with Gasteiger partial charge in [-0.15, -0.1) is 0 Å². The van der Waals surface area contributed by atoms with Crippen molar-refractivity contribution in [3.05, 3.63) is 162 Å². The molecule has 12 aromatic rings. The van der Waals surface area contributed by atoms with Gasteiger partial charge in [0.25, 0.3) is 0 Å². The Kier molecular flexibility index (Phi) is 8.01. The molecule has 12 rings (SSSR count). The van der Waals surface area contributed by atoms with Gasteiger partial charge >= 0.3 is 0 Å². The average molecular weight is 846 g/mol. The smallest absolute Gasteiger partial charge is 0.0783 e. The van der Waals surface area contributed by atoms with Gasteiger partial charge in [-0.3, -0.25) is 0 Å². The van der Waals surface area contributed by atoms with E-state index >= 15 is 0 Å². The van der Waals surface area contributed by atoms with Crippen molar-refractivity contribution in [2.75, 3.05) is 4.90 Å². The number of aromatic nitrogens is 2. The first-order valence-corrected chi connectivity index (χ1v) is 23.6. The van der Waals surface area contributed by atoms with Gasteiger partial charge < -0.3 is 13.7 Å². The highest BCUT2D eigenvalue weighted by Crippen LogP contribution is 2.51. The predicted octanol–water partition coefficient (Wildman–Crippen LogP) is 17.8. The number of para-hydroxylation sites is 2. The maximum atomic E-state index is 2.62. The van der Waals surface area contributed by atoms with Crippen molar-refractivity contribution < 1.29 is 0 Å². The molecule has 0 N–H and O–H groups in total. The van der Waals surface area contributed by atoms with E-state index in [1.54, 1.807) is 0 Å². The van der Waals surface area contributed by atoms with Crippen LogP contribution >= 0.6 is 0 Å². The second-order valence-electron chi connectivity index (χ2n) is 23.2. The molecule has 4 aromatic heterocycles. The van der Waals surface area contributed by atoms with Crippen LogP contribution in [0.1, 0.15) is 105 Å². The zero-order valence-corrected chi connectivity index (χ0v) is 40.1. The third-order valence-electron chi connectivity index (χ3n) is 14.7. The molecule has 0 atom stereocenters. The van der Waals surface area contributed by atoms with Gasteiger partial charge in [-0.05, 0) is 140 Å². The summed E-state index contributed by atoms with van der Waals surface area (Å²) in [5.74, 6) is 0. The van der Waals surface area contributed by atoms with E-state index in [4.69, 9.17) is 0 Å². The minimum Gasteiger partial charge on any atom is -0.308 e. The van der Waals surface area contributed by atoms with Crippen LogP contribution in [0, 0.1) is 0 Å². The molecule has 0 aliphatic heterocycles. The van der Waals surface area contributed by atoms with Gasteiger partial charge in [-0.1, -0.05) is 138 Å². The number of hydrogen-bond acceptors (Lipinski definition) is 1. The summed E-state index contributed by atoms with van der Waals surface area (Å²) in [6.07, 6.45) is 0. The van der Waals surface area contributed by atoms with Crippen molar-refractivity contribution in [2.45, 2.75) is 105 Å². The van der Waals surface area contributed by atoms with Crippen molar-refractivity contribution in [1.82, 2.24) is 8.80 Å². The third-order valence-corrected chi connectivity index (χ3v) is 14.7. The molecule has 0 fully saturated rings. The quantitative estimate of drug-likeness (QED) is 0.173. The maximum absolute atomic E-state index is 2.62. The van der Waals surface area contributed by atoms with Crippen molar-refractivity contribution in [2.24, 2.45) is 0 Å². The van der Waals surface area contributed by atoms with Crippen LogP contribution in [0.4, 0.5) is 17.1 Å². The number of hydrogen-bond donors (Lipinski definition) is 0. The normalized spacial score (nSPS) is 13.5. The molecular weight excluding hydrogens is 787 g/mol. The number of benzene rings is 8. The molecule has 3 nitrogen and oxygen atoms in total. The Labute approximate surface area is 382 Å². The van der Waals surface area contributed by atoms with Gasteiger partial charge in [0, 0.05) is 54.5 Å². The fourth-order valence-corrected chi connectivity index (χ4v) is 11.1. The van der Waals surface area contributed by atoms with Crippen LogP contribution in [0.25, 0.3) is 87.0 Å². The van der Waals surface area contributed by atoms with Gasteiger partial charge in [-0.25, -0.2) is 0 Å². The average Bonchev–Trinajstić information content (AvgIpc) is 3.99. The number of fused-ring (bicyclic) bond motifs is 15. The largest absolute Gasteiger partial charge is 0.308 e. The summed E-state index contributed by atoms with van der Waals surface area (Å²) in [7, 11) is 0. The Bertz CT molecular complexity index is 3850. The maximum Gasteiger partial charge on any atom is 0.0783 e. The molecule has 322 valence electrons. The van der Waals surface area contributed by atoms with Crippen molar-refractivity contribution in [1.29, 1.82) is 0 Å². The second kappa shape index (κ2) is 13.0. The van der Waals surface area contributed by atoms with Gasteiger partial charge in [0.05, 0.1) is 38.8 Å². The molecule has 0 bridgehead atoms. The van der Waals surface area contributed by atoms with E-state index in [0.29, 0.717) is 0 Å². The summed E-state index contributed by atoms with van der Waals surface area (Å²) in [5, 5.41) is 13.3. The Morgan fingerprint density at radius 1 is 0.308 bits per heavy atom. The number of anilines is 3. The van der Waals surface area contributed by atoms with Crippen LogP contribution < -0.4 is 4.90 Å². The van der Waals surface area contributed by atoms with Gasteiger partial charge in [0.15, 0.2) is 0 Å². The lowest BCUT2D eigenvalue weighted by molar-refractivity contribution is 0.590. The number of nitrogens with zero attached hydrogens (tertiary/aromatic N) is 3. The van der Waals surface area contributed by atoms with Gasteiger partial charge in [0.2, 0.25) is 0 Å². The highest BCUT2D eigenvalue weighted by atomic mass is 15.2. The monoisotopic (exact) mass is 845 g/mol. The van der Waals surface area contributed by atoms with Crippen LogP contribution in [-0.4, -0.2) is 8.80 Å². The van der Waals surface area contributed by atoms with Crippen LogP contribution in [-0.2, 0) is 21.7 Å². The summed E-state index contributed by atoms with van der Waals surface area (Å²) in [4.78, 5) is 2.48. The fourth-order valence-electron chi connectivity index (χ4n) is 11.1. The predicted molar refractivity (Wildman–Crippen MR) is 283 cm³/mol. The molecule has 65 heavy (non-hydrogen) atoms. The number of rotatable bonds is 3. The molecule has 0 aliphatic carbocycles. The zero-order valence-electron chi connectivity index (χ0n) is 40.1. The van der Waals surface area contributed by atoms with Gasteiger partial charge in [0.1, 0.15) is 0 Å². The second-order valence-corrected chi connectivity index (χ2v) is 23.2. The Balaban J connectivity index is 1.27. The van der Waals surface area contributed by atoms with Crippen LogP contribution in [0.5, 0.6) is 0 Å². The van der Waals surface area contributed by atoms with Crippen LogP contribution in [0.3, 0.4) is 0 Å². The van der Waals surface area contributed by atoms with E-state index in [0.717, 1.165) is 11.4 Å². The SMILES string of the molecule is CC(C)(C)c1ccc2c(c1)c1cc(C(C)(C)C)cc3c4c5ccc6c(c5ccc4n2c13)c1cc(C(C)(C)C)cc2c3cc(C(C)(C)C)cc(N(c4ccccc4)c4ccccc4)c3n6c21. The lowest BCUT2D eigenvalue weighted by Gasteiger charge is -2.29. The highest BCUT2D eigenvalue weighted by Gasteiger charge is 2.30. The fraction of sp³-hybridized carbons (Fsp3) is 0.258. The van der Waals surface area contributed by atoms with Crippen LogP contribution in [0.15, 0.2) is 140 Å². The van der Waals surface area contributed by atoms with E-state index in [1.807, 2.05) is 0 Å². The molecular formula is C62H59N3. The molecule has 0 radical (unpaired) electrons. The summed E-state index contributed by atoms with van der Waals surface area (Å²) < 4.78 is 5.19. The standard InChI is InChI=1S/C62H59N3/c1-59(2,3)36-23-26-50-44(29-36)45-30-37(60(4,5)6)33-48-54-42-25-28-52-55(43(42)24-27-51(54)64(50)56(45)48)49-34-38(61(7,8)9)31-46-47-32-39(62(10,11)12)35-53(58(47)65(52)57(46)49)63(40-19-15-13-16-20-40)41-21-17-14-18-22-41/h13-35H,1-12H3. The van der Waals surface area contributed by atoms with E-state index in [2.05, 4.69) is 236 Å². The molecule has 8 aromatic carbocycles. The summed E-state index contributed by atoms with van der Waals surface area (Å²) >= 11 is 0. The summed E-state index contributed by atoms with van der Waals surface area (Å²) in [6, 6.07) is 53.8. The summed E-state index contributed by atoms with van der Waals surface area (Å²) in [5.41, 5.74) is 16.5. The molecule has 0 unspecified atom stereocenters. The minimum absolute atomic E-state index is 0.0170. The first kappa shape index (κ1) is 40.0. The van der Waals surface area contributed by atoms with E-state index in [1.165, 1.54) is 115 Å². The topological polar surface area (TPSA) is 12.1 Å². The minimum atomic E-state index is -0.0751. The van der Waals surface area contributed by atoms with Gasteiger partial charge in [-0.2, -0.15) is 0 Å². The molecule has 4 heterocycles. The summed E-state index contributed by atoms with van der Waals surface area (Å²) in [6.45, 7) is 28.2. The van der Waals surface area contributed by atoms with E-state index in [-0.39, 0.29) is 21.7 Å². The van der Waals surface area contributed by atoms with Crippen LogP contribution in [0.2, 0.25) is 0 Å². The first-order chi connectivity index (χ1) is 30.8. The molecule has 0 saturated carbocycles. The van der Waals surface area contributed by atoms with Crippen molar-refractivity contribution in [3.8, 4) is 0 Å². The molecule has 3 heteroatoms. The molecule has 0 amide bonds. The van der Waals surface area contributed by atoms with E-state index < -0.39 is 0 Å². The lowest BCUT2D eigenvalue weighted by Crippen LogP contribution is -2.15. The Morgan fingerprint density at radius 2 is 0.692 bits per heavy atom. The highest BCUT2D eigenvalue weighted by molar-refractivity contribution is 6.35. The zero-order chi connectivity index (χ0) is 45.3. The Hall–Kier alpha value is -6.58. The Morgan fingerprint density at radius 3 is 1.18 bits per heavy atom. The molecule has 0 spiro atoms. The van der Waals surface area contributed by atoms with E-state index in [9.17, 15) is 0 Å². The first-order valence-electron chi connectivity index (χ1n) is 23.6. The lowest BCUT2D eigenvalue weighted by atomic mass is 9.83. The third kappa shape index (κ3) is 5.67. The molecule has 0 saturated heterocycles. The van der Waals surface area contributed by atoms with Crippen molar-refractivity contribution >= 4 is 104 Å². The van der Waals surface area contributed by atoms with Crippen molar-refractivity contribution in [3.63, 3.8) is 0 Å².